The number of hydrogen-bond donors (Lipinski definition) is 0. The molecule has 0 bridgehead atoms. The van der Waals surface area contributed by atoms with E-state index in [0.29, 0.717) is 17.4 Å². The van der Waals surface area contributed by atoms with Gasteiger partial charge in [-0.15, -0.1) is 0 Å². The molecule has 0 saturated heterocycles. The lowest BCUT2D eigenvalue weighted by Gasteiger charge is -2.34. The smallest absolute Gasteiger partial charge is 0.352 e. The number of fused-ring (bicyclic) bond motifs is 1. The average molecular weight is 448 g/mol. The normalized spacial score (nSPS) is 15.5. The first kappa shape index (κ1) is 21.1. The molecular weight excluding hydrogens is 428 g/mol. The van der Waals surface area contributed by atoms with Gasteiger partial charge in [-0.2, -0.15) is 4.98 Å². The molecule has 1 atom stereocenters. The van der Waals surface area contributed by atoms with Crippen molar-refractivity contribution >= 4 is 17.4 Å². The summed E-state index contributed by atoms with van der Waals surface area (Å²) in [6, 6.07) is 10.4. The zero-order chi connectivity index (χ0) is 22.1. The Morgan fingerprint density at radius 2 is 1.94 bits per heavy atom. The van der Waals surface area contributed by atoms with Gasteiger partial charge in [-0.1, -0.05) is 17.7 Å². The van der Waals surface area contributed by atoms with E-state index in [-0.39, 0.29) is 29.8 Å². The summed E-state index contributed by atoms with van der Waals surface area (Å²) in [5.41, 5.74) is -0.191. The quantitative estimate of drug-likeness (QED) is 0.563. The Hall–Kier alpha value is -3.13. The third-order valence-electron chi connectivity index (χ3n) is 5.22. The number of hydrogen-bond acceptors (Lipinski definition) is 5. The monoisotopic (exact) mass is 447 g/mol. The maximum atomic E-state index is 14.5. The molecule has 1 aromatic heterocycles. The first-order chi connectivity index (χ1) is 14.8. The molecule has 31 heavy (non-hydrogen) atoms. The fraction of sp³-hybridized carbons (Fsp3) is 0.273. The fourth-order valence-electron chi connectivity index (χ4n) is 3.38. The van der Waals surface area contributed by atoms with Crippen molar-refractivity contribution in [3.05, 3.63) is 75.2 Å². The summed E-state index contributed by atoms with van der Waals surface area (Å²) in [6.07, 6.45) is 0.841. The highest BCUT2D eigenvalue weighted by atomic mass is 35.5. The standard InChI is InChI=1S/C22H20ClF2N3O3/c1-13-6-7-28-20(27(13)2)11-19(26-22(28)29)30-12-14-8-17(24)21(18(25)9-14)31-16-5-3-4-15(23)10-16/h3-5,8-11,13H,6-7,12H2,1-2H3. The minimum absolute atomic E-state index is 0.0947. The molecule has 162 valence electrons. The molecule has 0 amide bonds. The molecule has 0 N–H and O–H groups in total. The first-order valence-electron chi connectivity index (χ1n) is 9.70. The van der Waals surface area contributed by atoms with Crippen LogP contribution in [-0.2, 0) is 13.2 Å². The molecule has 0 aliphatic carbocycles. The molecule has 2 aromatic carbocycles. The Morgan fingerprint density at radius 3 is 2.65 bits per heavy atom. The molecular formula is C22H20ClF2N3O3. The zero-order valence-corrected chi connectivity index (χ0v) is 17.7. The SMILES string of the molecule is CC1CCn2c(cc(OCc3cc(F)c(Oc4cccc(Cl)c4)c(F)c3)nc2=O)N1C. The molecule has 3 aromatic rings. The number of rotatable bonds is 5. The predicted molar refractivity (Wildman–Crippen MR) is 113 cm³/mol. The minimum atomic E-state index is -0.884. The summed E-state index contributed by atoms with van der Waals surface area (Å²) in [5.74, 6) is -1.30. The van der Waals surface area contributed by atoms with Crippen molar-refractivity contribution in [1.82, 2.24) is 9.55 Å². The lowest BCUT2D eigenvalue weighted by molar-refractivity contribution is 0.287. The molecule has 0 radical (unpaired) electrons. The van der Waals surface area contributed by atoms with Crippen LogP contribution in [0, 0.1) is 11.6 Å². The molecule has 1 unspecified atom stereocenters. The van der Waals surface area contributed by atoms with E-state index in [9.17, 15) is 13.6 Å². The molecule has 0 spiro atoms. The highest BCUT2D eigenvalue weighted by molar-refractivity contribution is 6.30. The zero-order valence-electron chi connectivity index (χ0n) is 16.9. The summed E-state index contributed by atoms with van der Waals surface area (Å²) in [6.45, 7) is 2.48. The number of nitrogens with zero attached hydrogens (tertiary/aromatic N) is 3. The van der Waals surface area contributed by atoms with Crippen LogP contribution in [0.4, 0.5) is 14.6 Å². The van der Waals surface area contributed by atoms with Gasteiger partial charge in [0.25, 0.3) is 0 Å². The van der Waals surface area contributed by atoms with E-state index in [1.807, 2.05) is 11.9 Å². The van der Waals surface area contributed by atoms with Gasteiger partial charge >= 0.3 is 5.69 Å². The maximum absolute atomic E-state index is 14.5. The van der Waals surface area contributed by atoms with Crippen LogP contribution in [0.3, 0.4) is 0 Å². The van der Waals surface area contributed by atoms with Crippen LogP contribution < -0.4 is 20.1 Å². The van der Waals surface area contributed by atoms with Crippen molar-refractivity contribution in [3.8, 4) is 17.4 Å². The molecule has 0 saturated carbocycles. The van der Waals surface area contributed by atoms with Crippen LogP contribution >= 0.6 is 11.6 Å². The van der Waals surface area contributed by atoms with Gasteiger partial charge < -0.3 is 14.4 Å². The number of anilines is 1. The Bertz CT molecular complexity index is 1160. The van der Waals surface area contributed by atoms with Crippen molar-refractivity contribution < 1.29 is 18.3 Å². The Labute approximate surface area is 182 Å². The number of ether oxygens (including phenoxy) is 2. The van der Waals surface area contributed by atoms with Gasteiger partial charge in [-0.05, 0) is 49.2 Å². The molecule has 1 aliphatic rings. The van der Waals surface area contributed by atoms with Gasteiger partial charge in [0.2, 0.25) is 5.88 Å². The van der Waals surface area contributed by atoms with Crippen molar-refractivity contribution in [1.29, 1.82) is 0 Å². The van der Waals surface area contributed by atoms with Crippen LogP contribution in [0.5, 0.6) is 17.4 Å². The number of halogens is 3. The summed E-state index contributed by atoms with van der Waals surface area (Å²) in [4.78, 5) is 18.2. The van der Waals surface area contributed by atoms with E-state index in [1.165, 1.54) is 6.07 Å². The van der Waals surface area contributed by atoms with Crippen LogP contribution in [-0.4, -0.2) is 22.6 Å². The van der Waals surface area contributed by atoms with Gasteiger partial charge in [0.1, 0.15) is 18.2 Å². The third kappa shape index (κ3) is 4.49. The molecule has 0 fully saturated rings. The van der Waals surface area contributed by atoms with Crippen LogP contribution in [0.25, 0.3) is 0 Å². The molecule has 9 heteroatoms. The Kier molecular flexibility index (Phi) is 5.82. The van der Waals surface area contributed by atoms with E-state index in [2.05, 4.69) is 11.9 Å². The number of aromatic nitrogens is 2. The molecule has 6 nitrogen and oxygen atoms in total. The Morgan fingerprint density at radius 1 is 1.19 bits per heavy atom. The van der Waals surface area contributed by atoms with E-state index >= 15 is 0 Å². The van der Waals surface area contributed by atoms with Crippen molar-refractivity contribution in [2.75, 3.05) is 11.9 Å². The highest BCUT2D eigenvalue weighted by Crippen LogP contribution is 2.30. The van der Waals surface area contributed by atoms with Crippen LogP contribution in [0.15, 0.2) is 47.3 Å². The van der Waals surface area contributed by atoms with E-state index < -0.39 is 23.1 Å². The highest BCUT2D eigenvalue weighted by Gasteiger charge is 2.22. The van der Waals surface area contributed by atoms with Gasteiger partial charge in [0, 0.05) is 30.7 Å². The van der Waals surface area contributed by atoms with Crippen LogP contribution in [0.2, 0.25) is 5.02 Å². The number of benzene rings is 2. The second-order valence-electron chi connectivity index (χ2n) is 7.37. The van der Waals surface area contributed by atoms with Crippen molar-refractivity contribution in [2.24, 2.45) is 0 Å². The molecule has 4 rings (SSSR count). The van der Waals surface area contributed by atoms with E-state index in [0.717, 1.165) is 18.6 Å². The fourth-order valence-corrected chi connectivity index (χ4v) is 3.56. The van der Waals surface area contributed by atoms with Crippen molar-refractivity contribution in [2.45, 2.75) is 32.5 Å². The predicted octanol–water partition coefficient (Wildman–Crippen LogP) is 4.77. The van der Waals surface area contributed by atoms with Gasteiger partial charge in [0.05, 0.1) is 0 Å². The average Bonchev–Trinajstić information content (AvgIpc) is 2.72. The topological polar surface area (TPSA) is 56.6 Å². The molecule has 1 aliphatic heterocycles. The Balaban J connectivity index is 1.52. The third-order valence-corrected chi connectivity index (χ3v) is 5.45. The summed E-state index contributed by atoms with van der Waals surface area (Å²) < 4.78 is 41.4. The lowest BCUT2D eigenvalue weighted by Crippen LogP contribution is -2.41. The molecule has 2 heterocycles. The maximum Gasteiger partial charge on any atom is 0.352 e. The van der Waals surface area contributed by atoms with Gasteiger partial charge in [-0.3, -0.25) is 4.57 Å². The van der Waals surface area contributed by atoms with E-state index in [1.54, 1.807) is 28.8 Å². The minimum Gasteiger partial charge on any atom is -0.473 e. The summed E-state index contributed by atoms with van der Waals surface area (Å²) in [5, 5.41) is 0.386. The largest absolute Gasteiger partial charge is 0.473 e. The lowest BCUT2D eigenvalue weighted by atomic mass is 10.1. The van der Waals surface area contributed by atoms with Gasteiger partial charge in [0.15, 0.2) is 17.4 Å². The second kappa shape index (κ2) is 8.55. The van der Waals surface area contributed by atoms with Gasteiger partial charge in [-0.25, -0.2) is 13.6 Å². The summed E-state index contributed by atoms with van der Waals surface area (Å²) in [7, 11) is 1.89. The second-order valence-corrected chi connectivity index (χ2v) is 7.81. The summed E-state index contributed by atoms with van der Waals surface area (Å²) >= 11 is 5.87. The van der Waals surface area contributed by atoms with E-state index in [4.69, 9.17) is 21.1 Å². The van der Waals surface area contributed by atoms with Crippen molar-refractivity contribution in [3.63, 3.8) is 0 Å². The van der Waals surface area contributed by atoms with Crippen LogP contribution in [0.1, 0.15) is 18.9 Å². The first-order valence-corrected chi connectivity index (χ1v) is 10.1.